The van der Waals surface area contributed by atoms with E-state index in [4.69, 9.17) is 0 Å². The standard InChI is InChI=1S/C20H10F2N2O3/c21-13-7-11-18-17(16(13)22)23-14-5-9-3-1-2-4-10(9)6-15(14)24(18)8-12(19(11)25)20(26)27/h1-8,23H,(H,26,27). The van der Waals surface area contributed by atoms with E-state index in [0.29, 0.717) is 11.4 Å². The maximum absolute atomic E-state index is 14.5. The molecular formula is C20H10F2N2O3. The van der Waals surface area contributed by atoms with E-state index >= 15 is 0 Å². The van der Waals surface area contributed by atoms with Gasteiger partial charge in [-0.3, -0.25) is 4.79 Å². The number of fused-ring (bicyclic) bond motifs is 3. The molecule has 0 bridgehead atoms. The first-order chi connectivity index (χ1) is 13.0. The van der Waals surface area contributed by atoms with Gasteiger partial charge in [0.05, 0.1) is 22.3 Å². The van der Waals surface area contributed by atoms with Crippen LogP contribution in [0, 0.1) is 11.6 Å². The van der Waals surface area contributed by atoms with E-state index < -0.39 is 28.6 Å². The van der Waals surface area contributed by atoms with Gasteiger partial charge in [-0.15, -0.1) is 0 Å². The number of carbonyl (C=O) groups is 1. The van der Waals surface area contributed by atoms with E-state index in [0.717, 1.165) is 23.0 Å². The van der Waals surface area contributed by atoms with Gasteiger partial charge < -0.3 is 15.0 Å². The van der Waals surface area contributed by atoms with Gasteiger partial charge in [0.25, 0.3) is 0 Å². The highest BCUT2D eigenvalue weighted by molar-refractivity contribution is 6.03. The van der Waals surface area contributed by atoms with Crippen LogP contribution in [0.1, 0.15) is 10.4 Å². The van der Waals surface area contributed by atoms with Crippen LogP contribution in [0.4, 0.5) is 20.2 Å². The molecule has 27 heavy (non-hydrogen) atoms. The summed E-state index contributed by atoms with van der Waals surface area (Å²) < 4.78 is 30.0. The number of benzene rings is 3. The van der Waals surface area contributed by atoms with Crippen molar-refractivity contribution in [2.75, 3.05) is 5.32 Å². The Kier molecular flexibility index (Phi) is 2.95. The first kappa shape index (κ1) is 15.5. The highest BCUT2D eigenvalue weighted by Gasteiger charge is 2.27. The molecule has 3 aromatic carbocycles. The fraction of sp³-hybridized carbons (Fsp3) is 0. The van der Waals surface area contributed by atoms with Gasteiger partial charge >= 0.3 is 5.97 Å². The van der Waals surface area contributed by atoms with Gasteiger partial charge in [0.1, 0.15) is 11.3 Å². The van der Waals surface area contributed by atoms with Gasteiger partial charge in [0.15, 0.2) is 11.6 Å². The third-order valence-corrected chi connectivity index (χ3v) is 4.79. The zero-order valence-corrected chi connectivity index (χ0v) is 13.6. The first-order valence-corrected chi connectivity index (χ1v) is 8.06. The molecule has 0 aliphatic carbocycles. The van der Waals surface area contributed by atoms with Gasteiger partial charge in [-0.1, -0.05) is 24.3 Å². The number of aromatic nitrogens is 1. The van der Waals surface area contributed by atoms with E-state index in [1.807, 2.05) is 24.3 Å². The molecular weight excluding hydrogens is 354 g/mol. The Bertz CT molecular complexity index is 1380. The summed E-state index contributed by atoms with van der Waals surface area (Å²) in [5.74, 6) is -3.78. The third-order valence-electron chi connectivity index (χ3n) is 4.79. The lowest BCUT2D eigenvalue weighted by Crippen LogP contribution is -2.22. The number of anilines is 2. The Morgan fingerprint density at radius 1 is 1.07 bits per heavy atom. The summed E-state index contributed by atoms with van der Waals surface area (Å²) in [5, 5.41) is 13.8. The van der Waals surface area contributed by atoms with Crippen LogP contribution < -0.4 is 10.7 Å². The fourth-order valence-electron chi connectivity index (χ4n) is 3.56. The predicted octanol–water partition coefficient (Wildman–Crippen LogP) is 4.18. The van der Waals surface area contributed by atoms with Crippen LogP contribution in [0.2, 0.25) is 0 Å². The van der Waals surface area contributed by atoms with E-state index in [2.05, 4.69) is 5.32 Å². The fourth-order valence-corrected chi connectivity index (χ4v) is 3.56. The minimum Gasteiger partial charge on any atom is -0.477 e. The molecule has 0 saturated heterocycles. The lowest BCUT2D eigenvalue weighted by Gasteiger charge is -2.25. The normalized spacial score (nSPS) is 12.1. The summed E-state index contributed by atoms with van der Waals surface area (Å²) in [4.78, 5) is 24.0. The SMILES string of the molecule is O=C(O)c1cn2c3c(c(F)c(F)cc3c1=O)Nc1cc3ccccc3cc1-2. The van der Waals surface area contributed by atoms with Crippen molar-refractivity contribution in [3.8, 4) is 5.69 Å². The number of hydrogen-bond acceptors (Lipinski definition) is 3. The number of carboxylic acid groups (broad SMARTS) is 1. The molecule has 1 aromatic heterocycles. The van der Waals surface area contributed by atoms with Gasteiger partial charge in [0.2, 0.25) is 5.43 Å². The molecule has 7 heteroatoms. The molecule has 0 unspecified atom stereocenters. The average Bonchev–Trinajstić information content (AvgIpc) is 2.65. The topological polar surface area (TPSA) is 71.3 Å². The summed E-state index contributed by atoms with van der Waals surface area (Å²) >= 11 is 0. The predicted molar refractivity (Wildman–Crippen MR) is 97.2 cm³/mol. The number of pyridine rings is 1. The molecule has 2 N–H and O–H groups in total. The lowest BCUT2D eigenvalue weighted by molar-refractivity contribution is 0.0695. The first-order valence-electron chi connectivity index (χ1n) is 8.06. The monoisotopic (exact) mass is 364 g/mol. The van der Waals surface area contributed by atoms with E-state index in [9.17, 15) is 23.5 Å². The minimum atomic E-state index is -1.43. The average molecular weight is 364 g/mol. The maximum atomic E-state index is 14.5. The Morgan fingerprint density at radius 2 is 1.78 bits per heavy atom. The second-order valence-corrected chi connectivity index (χ2v) is 6.33. The molecule has 0 atom stereocenters. The molecule has 5 nitrogen and oxygen atoms in total. The Hall–Kier alpha value is -3.74. The van der Waals surface area contributed by atoms with Crippen LogP contribution >= 0.6 is 0 Å². The van der Waals surface area contributed by atoms with Crippen LogP contribution in [0.5, 0.6) is 0 Å². The van der Waals surface area contributed by atoms with Gasteiger partial charge in [-0.05, 0) is 29.0 Å². The van der Waals surface area contributed by atoms with Gasteiger partial charge in [0, 0.05) is 6.20 Å². The second-order valence-electron chi connectivity index (χ2n) is 6.33. The van der Waals surface area contributed by atoms with Crippen LogP contribution in [0.3, 0.4) is 0 Å². The molecule has 1 aliphatic heterocycles. The van der Waals surface area contributed by atoms with Crippen molar-refractivity contribution in [3.63, 3.8) is 0 Å². The highest BCUT2D eigenvalue weighted by atomic mass is 19.2. The molecule has 0 radical (unpaired) electrons. The van der Waals surface area contributed by atoms with E-state index in [-0.39, 0.29) is 16.6 Å². The van der Waals surface area contributed by atoms with Crippen molar-refractivity contribution in [1.29, 1.82) is 0 Å². The Labute approximate surface area is 150 Å². The smallest absolute Gasteiger partial charge is 0.341 e. The molecule has 1 aliphatic rings. The minimum absolute atomic E-state index is 0.103. The number of carboxylic acids is 1. The Balaban J connectivity index is 2.01. The summed E-state index contributed by atoms with van der Waals surface area (Å²) in [6.45, 7) is 0. The van der Waals surface area contributed by atoms with E-state index in [1.54, 1.807) is 12.1 Å². The summed E-state index contributed by atoms with van der Waals surface area (Å²) in [6.07, 6.45) is 1.16. The molecule has 0 amide bonds. The maximum Gasteiger partial charge on any atom is 0.341 e. The molecule has 0 spiro atoms. The van der Waals surface area contributed by atoms with Crippen molar-refractivity contribution < 1.29 is 18.7 Å². The highest BCUT2D eigenvalue weighted by Crippen LogP contribution is 2.40. The van der Waals surface area contributed by atoms with Crippen molar-refractivity contribution >= 4 is 39.0 Å². The van der Waals surface area contributed by atoms with Crippen LogP contribution in [-0.2, 0) is 0 Å². The number of nitrogens with zero attached hydrogens (tertiary/aromatic N) is 1. The summed E-state index contributed by atoms with van der Waals surface area (Å²) in [7, 11) is 0. The molecule has 5 rings (SSSR count). The number of halogens is 2. The van der Waals surface area contributed by atoms with Crippen LogP contribution in [-0.4, -0.2) is 15.6 Å². The summed E-state index contributed by atoms with van der Waals surface area (Å²) in [6, 6.07) is 11.8. The molecule has 132 valence electrons. The van der Waals surface area contributed by atoms with Crippen molar-refractivity contribution in [3.05, 3.63) is 76.1 Å². The van der Waals surface area contributed by atoms with Crippen molar-refractivity contribution in [2.45, 2.75) is 0 Å². The largest absolute Gasteiger partial charge is 0.477 e. The Morgan fingerprint density at radius 3 is 2.48 bits per heavy atom. The van der Waals surface area contributed by atoms with Crippen molar-refractivity contribution in [2.24, 2.45) is 0 Å². The van der Waals surface area contributed by atoms with Crippen molar-refractivity contribution in [1.82, 2.24) is 4.57 Å². The molecule has 2 heterocycles. The molecule has 4 aromatic rings. The zero-order chi connectivity index (χ0) is 18.9. The number of nitrogens with one attached hydrogen (secondary N) is 1. The quantitative estimate of drug-likeness (QED) is 0.468. The summed E-state index contributed by atoms with van der Waals surface area (Å²) in [5.41, 5.74) is -0.444. The zero-order valence-electron chi connectivity index (χ0n) is 13.6. The van der Waals surface area contributed by atoms with Crippen LogP contribution in [0.15, 0.2) is 53.5 Å². The second kappa shape index (κ2) is 5.14. The number of rotatable bonds is 1. The van der Waals surface area contributed by atoms with Gasteiger partial charge in [-0.2, -0.15) is 0 Å². The van der Waals surface area contributed by atoms with E-state index in [1.165, 1.54) is 4.57 Å². The number of hydrogen-bond donors (Lipinski definition) is 2. The van der Waals surface area contributed by atoms with Crippen LogP contribution in [0.25, 0.3) is 27.4 Å². The number of aromatic carboxylic acids is 1. The lowest BCUT2D eigenvalue weighted by atomic mass is 10.0. The third kappa shape index (κ3) is 2.02. The molecule has 0 fully saturated rings. The van der Waals surface area contributed by atoms with Gasteiger partial charge in [-0.25, -0.2) is 13.6 Å². The molecule has 0 saturated carbocycles.